The molecule has 0 aliphatic heterocycles. The number of carbonyl (C=O) groups is 2. The lowest BCUT2D eigenvalue weighted by Crippen LogP contribution is -2.24. The lowest BCUT2D eigenvalue weighted by molar-refractivity contribution is -0.116. The van der Waals surface area contributed by atoms with Crippen LogP contribution in [0.3, 0.4) is 0 Å². The zero-order chi connectivity index (χ0) is 11.6. The molecule has 0 unspecified atom stereocenters. The molecule has 0 aliphatic rings. The molecule has 0 spiro atoms. The fourth-order valence-corrected chi connectivity index (χ4v) is 1.31. The Morgan fingerprint density at radius 3 is 2.47 bits per heavy atom. The molecular weight excluding hydrogens is 218 g/mol. The van der Waals surface area contributed by atoms with E-state index < -0.39 is 5.97 Å². The third-order valence-corrected chi connectivity index (χ3v) is 2.26. The van der Waals surface area contributed by atoms with Crippen molar-refractivity contribution in [2.75, 3.05) is 11.9 Å². The van der Waals surface area contributed by atoms with E-state index in [-0.39, 0.29) is 11.5 Å². The van der Waals surface area contributed by atoms with E-state index >= 15 is 0 Å². The number of hydrogen-bond donors (Lipinski definition) is 1. The molecule has 1 amide bonds. The number of carboxylic acid groups (broad SMARTS) is 1. The molecule has 0 saturated heterocycles. The second-order valence-corrected chi connectivity index (χ2v) is 3.48. The van der Waals surface area contributed by atoms with Crippen LogP contribution in [0.15, 0.2) is 18.2 Å². The number of benzene rings is 1. The van der Waals surface area contributed by atoms with Crippen molar-refractivity contribution in [1.82, 2.24) is 0 Å². The number of carbonyl (C=O) groups excluding carboxylic acids is 1. The Kier molecular flexibility index (Phi) is 3.31. The summed E-state index contributed by atoms with van der Waals surface area (Å²) in [6.07, 6.45) is 0. The summed E-state index contributed by atoms with van der Waals surface area (Å²) >= 11 is 5.68. The first-order valence-electron chi connectivity index (χ1n) is 4.20. The van der Waals surface area contributed by atoms with E-state index in [1.807, 2.05) is 0 Å². The predicted octanol–water partition coefficient (Wildman–Crippen LogP) is 2.02. The van der Waals surface area contributed by atoms with Gasteiger partial charge >= 0.3 is 5.97 Å². The first-order valence-corrected chi connectivity index (χ1v) is 4.58. The zero-order valence-electron chi connectivity index (χ0n) is 8.32. The summed E-state index contributed by atoms with van der Waals surface area (Å²) in [4.78, 5) is 23.3. The maximum Gasteiger partial charge on any atom is 0.337 e. The van der Waals surface area contributed by atoms with Gasteiger partial charge in [0.1, 0.15) is 0 Å². The van der Waals surface area contributed by atoms with E-state index in [1.54, 1.807) is 6.07 Å². The fraction of sp³-hybridized carbons (Fsp3) is 0.200. The molecule has 0 aliphatic carbocycles. The molecule has 80 valence electrons. The molecule has 0 bridgehead atoms. The summed E-state index contributed by atoms with van der Waals surface area (Å²) in [5.41, 5.74) is 0.347. The maximum absolute atomic E-state index is 11.1. The van der Waals surface area contributed by atoms with Gasteiger partial charge in [0.2, 0.25) is 5.91 Å². The van der Waals surface area contributed by atoms with Gasteiger partial charge in [-0.2, -0.15) is 0 Å². The van der Waals surface area contributed by atoms with E-state index in [1.165, 1.54) is 31.0 Å². The molecule has 0 fully saturated rings. The Bertz CT molecular complexity index is 417. The van der Waals surface area contributed by atoms with Gasteiger partial charge in [-0.05, 0) is 18.2 Å². The highest BCUT2D eigenvalue weighted by Gasteiger charge is 2.15. The van der Waals surface area contributed by atoms with Crippen LogP contribution >= 0.6 is 11.6 Å². The van der Waals surface area contributed by atoms with Crippen LogP contribution in [0.2, 0.25) is 5.02 Å². The Morgan fingerprint density at radius 2 is 2.00 bits per heavy atom. The van der Waals surface area contributed by atoms with Gasteiger partial charge in [-0.15, -0.1) is 0 Å². The van der Waals surface area contributed by atoms with Crippen LogP contribution in [0.1, 0.15) is 17.3 Å². The van der Waals surface area contributed by atoms with Gasteiger partial charge in [-0.3, -0.25) is 4.79 Å². The monoisotopic (exact) mass is 227 g/mol. The van der Waals surface area contributed by atoms with Gasteiger partial charge in [-0.25, -0.2) is 4.79 Å². The standard InChI is InChI=1S/C10H10ClNO3/c1-6(13)12(2)9-4-3-7(11)5-8(9)10(14)15/h3-5H,1-2H3,(H,14,15). The van der Waals surface area contributed by atoms with E-state index in [0.717, 1.165) is 0 Å². The summed E-state index contributed by atoms with van der Waals surface area (Å²) in [6.45, 7) is 1.36. The minimum Gasteiger partial charge on any atom is -0.478 e. The van der Waals surface area contributed by atoms with Crippen molar-refractivity contribution in [3.63, 3.8) is 0 Å². The molecule has 0 saturated carbocycles. The summed E-state index contributed by atoms with van der Waals surface area (Å²) in [6, 6.07) is 4.37. The summed E-state index contributed by atoms with van der Waals surface area (Å²) in [5.74, 6) is -1.35. The number of carboxylic acids is 1. The molecule has 15 heavy (non-hydrogen) atoms. The minimum atomic E-state index is -1.11. The highest BCUT2D eigenvalue weighted by Crippen LogP contribution is 2.23. The second kappa shape index (κ2) is 4.31. The number of anilines is 1. The first kappa shape index (κ1) is 11.5. The van der Waals surface area contributed by atoms with Crippen molar-refractivity contribution in [3.8, 4) is 0 Å². The molecule has 0 aromatic heterocycles. The molecular formula is C10H10ClNO3. The Morgan fingerprint density at radius 1 is 1.40 bits per heavy atom. The lowest BCUT2D eigenvalue weighted by atomic mass is 10.1. The van der Waals surface area contributed by atoms with Crippen LogP contribution in [0.5, 0.6) is 0 Å². The number of halogens is 1. The van der Waals surface area contributed by atoms with Crippen molar-refractivity contribution in [2.45, 2.75) is 6.92 Å². The predicted molar refractivity (Wildman–Crippen MR) is 57.5 cm³/mol. The molecule has 1 aromatic rings. The Balaban J connectivity index is 3.28. The zero-order valence-corrected chi connectivity index (χ0v) is 9.08. The fourth-order valence-electron chi connectivity index (χ4n) is 1.14. The number of rotatable bonds is 2. The highest BCUT2D eigenvalue weighted by atomic mass is 35.5. The summed E-state index contributed by atoms with van der Waals surface area (Å²) in [7, 11) is 1.51. The second-order valence-electron chi connectivity index (χ2n) is 3.04. The summed E-state index contributed by atoms with van der Waals surface area (Å²) in [5, 5.41) is 9.25. The molecule has 1 N–H and O–H groups in total. The largest absolute Gasteiger partial charge is 0.478 e. The third-order valence-electron chi connectivity index (χ3n) is 2.02. The lowest BCUT2D eigenvalue weighted by Gasteiger charge is -2.17. The topological polar surface area (TPSA) is 57.6 Å². The van der Waals surface area contributed by atoms with Crippen LogP contribution in [0.4, 0.5) is 5.69 Å². The third kappa shape index (κ3) is 2.47. The SMILES string of the molecule is CC(=O)N(C)c1ccc(Cl)cc1C(=O)O. The van der Waals surface area contributed by atoms with Crippen LogP contribution in [0, 0.1) is 0 Å². The molecule has 5 heteroatoms. The van der Waals surface area contributed by atoms with Crippen LogP contribution in [0.25, 0.3) is 0 Å². The van der Waals surface area contributed by atoms with Gasteiger partial charge in [0.15, 0.2) is 0 Å². The van der Waals surface area contributed by atoms with E-state index in [9.17, 15) is 9.59 Å². The summed E-state index contributed by atoms with van der Waals surface area (Å²) < 4.78 is 0. The van der Waals surface area contributed by atoms with Crippen molar-refractivity contribution < 1.29 is 14.7 Å². The Hall–Kier alpha value is -1.55. The normalized spacial score (nSPS) is 9.80. The molecule has 0 atom stereocenters. The average molecular weight is 228 g/mol. The van der Waals surface area contributed by atoms with Gasteiger partial charge in [0.25, 0.3) is 0 Å². The number of aromatic carboxylic acids is 1. The van der Waals surface area contributed by atoms with E-state index in [2.05, 4.69) is 0 Å². The van der Waals surface area contributed by atoms with E-state index in [0.29, 0.717) is 10.7 Å². The smallest absolute Gasteiger partial charge is 0.337 e. The minimum absolute atomic E-state index is 0.0141. The van der Waals surface area contributed by atoms with Crippen molar-refractivity contribution in [3.05, 3.63) is 28.8 Å². The highest BCUT2D eigenvalue weighted by molar-refractivity contribution is 6.31. The first-order chi connectivity index (χ1) is 6.93. The van der Waals surface area contributed by atoms with Gasteiger partial charge < -0.3 is 10.0 Å². The molecule has 0 radical (unpaired) electrons. The van der Waals surface area contributed by atoms with Gasteiger partial charge in [0.05, 0.1) is 11.3 Å². The molecule has 1 aromatic carbocycles. The van der Waals surface area contributed by atoms with Crippen LogP contribution in [-0.2, 0) is 4.79 Å². The molecule has 1 rings (SSSR count). The van der Waals surface area contributed by atoms with Crippen molar-refractivity contribution >= 4 is 29.2 Å². The van der Waals surface area contributed by atoms with Crippen molar-refractivity contribution in [1.29, 1.82) is 0 Å². The molecule has 0 heterocycles. The average Bonchev–Trinajstić information content (AvgIpc) is 2.16. The van der Waals surface area contributed by atoms with Crippen molar-refractivity contribution in [2.24, 2.45) is 0 Å². The van der Waals surface area contributed by atoms with Gasteiger partial charge in [0, 0.05) is 19.0 Å². The molecule has 4 nitrogen and oxygen atoms in total. The Labute approximate surface area is 92.1 Å². The maximum atomic E-state index is 11.1. The number of hydrogen-bond acceptors (Lipinski definition) is 2. The van der Waals surface area contributed by atoms with Crippen LogP contribution in [-0.4, -0.2) is 24.0 Å². The quantitative estimate of drug-likeness (QED) is 0.841. The van der Waals surface area contributed by atoms with Crippen LogP contribution < -0.4 is 4.90 Å². The van der Waals surface area contributed by atoms with E-state index in [4.69, 9.17) is 16.7 Å². The number of nitrogens with zero attached hydrogens (tertiary/aromatic N) is 1. The number of amides is 1. The van der Waals surface area contributed by atoms with Gasteiger partial charge in [-0.1, -0.05) is 11.6 Å².